The van der Waals surface area contributed by atoms with Gasteiger partial charge in [-0.25, -0.2) is 4.68 Å². The van der Waals surface area contributed by atoms with Gasteiger partial charge in [0.1, 0.15) is 11.4 Å². The minimum Gasteiger partial charge on any atom is -0.390 e. The number of rotatable bonds is 2. The number of benzene rings is 1. The molecule has 18 heavy (non-hydrogen) atoms. The van der Waals surface area contributed by atoms with Gasteiger partial charge in [0.15, 0.2) is 0 Å². The smallest absolute Gasteiger partial charge is 0.234 e. The van der Waals surface area contributed by atoms with Gasteiger partial charge in [0.05, 0.1) is 12.3 Å². The van der Waals surface area contributed by atoms with Gasteiger partial charge in [0, 0.05) is 0 Å². The van der Waals surface area contributed by atoms with Gasteiger partial charge in [-0.15, -0.1) is 5.10 Å². The third-order valence-electron chi connectivity index (χ3n) is 2.50. The van der Waals surface area contributed by atoms with Crippen LogP contribution in [0.3, 0.4) is 0 Å². The number of para-hydroxylation sites is 1. The molecule has 1 N–H and O–H groups in total. The van der Waals surface area contributed by atoms with Gasteiger partial charge in [-0.2, -0.15) is 0 Å². The second-order valence-electron chi connectivity index (χ2n) is 3.74. The molecule has 0 aliphatic rings. The van der Waals surface area contributed by atoms with Crippen molar-refractivity contribution < 1.29 is 5.11 Å². The summed E-state index contributed by atoms with van der Waals surface area (Å²) in [5.41, 5.74) is 2.22. The van der Waals surface area contributed by atoms with Crippen molar-refractivity contribution in [2.24, 2.45) is 0 Å². The first-order valence-electron chi connectivity index (χ1n) is 5.13. The lowest BCUT2D eigenvalue weighted by Gasteiger charge is -2.15. The summed E-state index contributed by atoms with van der Waals surface area (Å²) in [6.07, 6.45) is 0. The lowest BCUT2D eigenvalue weighted by atomic mass is 10.2. The van der Waals surface area contributed by atoms with Crippen molar-refractivity contribution in [3.63, 3.8) is 0 Å². The number of aromatic nitrogens is 3. The number of aliphatic hydroxyl groups is 1. The van der Waals surface area contributed by atoms with Crippen LogP contribution in [0, 0.1) is 6.92 Å². The fourth-order valence-electron chi connectivity index (χ4n) is 1.67. The zero-order chi connectivity index (χ0) is 13.3. The molecule has 0 amide bonds. The maximum Gasteiger partial charge on any atom is 0.234 e. The molecule has 1 aromatic carbocycles. The predicted octanol–water partition coefficient (Wildman–Crippen LogP) is 2.89. The zero-order valence-corrected chi connectivity index (χ0v) is 11.7. The molecule has 0 atom stereocenters. The van der Waals surface area contributed by atoms with Crippen LogP contribution in [0.15, 0.2) is 24.3 Å². The van der Waals surface area contributed by atoms with Gasteiger partial charge in [0.25, 0.3) is 0 Å². The summed E-state index contributed by atoms with van der Waals surface area (Å²) < 4.78 is -0.266. The van der Waals surface area contributed by atoms with E-state index in [0.29, 0.717) is 0 Å². The molecule has 0 bridgehead atoms. The van der Waals surface area contributed by atoms with E-state index in [2.05, 4.69) is 10.3 Å². The Morgan fingerprint density at radius 3 is 2.50 bits per heavy atom. The Balaban J connectivity index is 2.66. The average molecular weight is 307 g/mol. The fourth-order valence-corrected chi connectivity index (χ4v) is 2.24. The Bertz CT molecular complexity index is 563. The molecule has 2 rings (SSSR count). The number of hydrogen-bond donors (Lipinski definition) is 1. The van der Waals surface area contributed by atoms with Gasteiger partial charge in [-0.1, -0.05) is 58.2 Å². The molecule has 0 aliphatic carbocycles. The van der Waals surface area contributed by atoms with E-state index in [1.807, 2.05) is 31.2 Å². The predicted molar refractivity (Wildman–Crippen MR) is 71.3 cm³/mol. The molecule has 96 valence electrons. The summed E-state index contributed by atoms with van der Waals surface area (Å²) in [5.74, 6) is 0. The molecule has 4 nitrogen and oxygen atoms in total. The molecular formula is C11H10Cl3N3O. The van der Waals surface area contributed by atoms with E-state index >= 15 is 0 Å². The first-order valence-corrected chi connectivity index (χ1v) is 6.27. The van der Waals surface area contributed by atoms with Gasteiger partial charge in [0.2, 0.25) is 3.79 Å². The van der Waals surface area contributed by atoms with Crippen LogP contribution in [0.25, 0.3) is 5.69 Å². The minimum absolute atomic E-state index is 0.248. The summed E-state index contributed by atoms with van der Waals surface area (Å²) in [4.78, 5) is 0. The van der Waals surface area contributed by atoms with Crippen LogP contribution < -0.4 is 0 Å². The Kier molecular flexibility index (Phi) is 3.82. The SMILES string of the molecule is Cc1ccccc1-n1nnc(CO)c1C(Cl)(Cl)Cl. The average Bonchev–Trinajstić information content (AvgIpc) is 2.73. The van der Waals surface area contributed by atoms with E-state index in [4.69, 9.17) is 34.8 Å². The minimum atomic E-state index is -1.70. The molecule has 0 saturated heterocycles. The second-order valence-corrected chi connectivity index (χ2v) is 6.02. The molecule has 1 aromatic heterocycles. The van der Waals surface area contributed by atoms with Gasteiger partial charge >= 0.3 is 0 Å². The summed E-state index contributed by atoms with van der Waals surface area (Å²) in [5, 5.41) is 17.0. The van der Waals surface area contributed by atoms with Crippen molar-refractivity contribution in [2.45, 2.75) is 17.3 Å². The summed E-state index contributed by atoms with van der Waals surface area (Å²) in [6.45, 7) is 1.58. The van der Waals surface area contributed by atoms with Crippen molar-refractivity contribution in [2.75, 3.05) is 0 Å². The lowest BCUT2D eigenvalue weighted by Crippen LogP contribution is -2.13. The van der Waals surface area contributed by atoms with Crippen LogP contribution in [-0.2, 0) is 10.4 Å². The van der Waals surface area contributed by atoms with E-state index in [1.54, 1.807) is 0 Å². The number of alkyl halides is 3. The van der Waals surface area contributed by atoms with E-state index in [-0.39, 0.29) is 18.0 Å². The number of aryl methyl sites for hydroxylation is 1. The topological polar surface area (TPSA) is 50.9 Å². The molecule has 0 radical (unpaired) electrons. The highest BCUT2D eigenvalue weighted by Crippen LogP contribution is 2.40. The second kappa shape index (κ2) is 5.05. The molecule has 2 aromatic rings. The summed E-state index contributed by atoms with van der Waals surface area (Å²) >= 11 is 17.7. The van der Waals surface area contributed by atoms with E-state index in [0.717, 1.165) is 11.3 Å². The lowest BCUT2D eigenvalue weighted by molar-refractivity contribution is 0.275. The number of halogens is 3. The fraction of sp³-hybridized carbons (Fsp3) is 0.273. The van der Waals surface area contributed by atoms with Crippen LogP contribution in [0.5, 0.6) is 0 Å². The molecule has 0 aliphatic heterocycles. The zero-order valence-electron chi connectivity index (χ0n) is 9.44. The third kappa shape index (κ3) is 2.47. The first kappa shape index (κ1) is 13.6. The summed E-state index contributed by atoms with van der Waals surface area (Å²) in [6, 6.07) is 7.51. The molecule has 0 unspecified atom stereocenters. The van der Waals surface area contributed by atoms with Crippen LogP contribution in [0.2, 0.25) is 0 Å². The van der Waals surface area contributed by atoms with Crippen molar-refractivity contribution >= 4 is 34.8 Å². The molecule has 1 heterocycles. The highest BCUT2D eigenvalue weighted by Gasteiger charge is 2.33. The van der Waals surface area contributed by atoms with Crippen LogP contribution in [0.1, 0.15) is 17.0 Å². The number of hydrogen-bond acceptors (Lipinski definition) is 3. The van der Waals surface area contributed by atoms with Gasteiger partial charge < -0.3 is 5.11 Å². The highest BCUT2D eigenvalue weighted by molar-refractivity contribution is 6.66. The molecule has 0 fully saturated rings. The number of aliphatic hydroxyl groups excluding tert-OH is 1. The summed E-state index contributed by atoms with van der Waals surface area (Å²) in [7, 11) is 0. The van der Waals surface area contributed by atoms with Crippen LogP contribution >= 0.6 is 34.8 Å². The molecular weight excluding hydrogens is 296 g/mol. The molecule has 7 heteroatoms. The molecule has 0 saturated carbocycles. The van der Waals surface area contributed by atoms with E-state index in [1.165, 1.54) is 4.68 Å². The van der Waals surface area contributed by atoms with Gasteiger partial charge in [-0.05, 0) is 18.6 Å². The third-order valence-corrected chi connectivity index (χ3v) is 3.04. The van der Waals surface area contributed by atoms with Crippen molar-refractivity contribution in [1.82, 2.24) is 15.0 Å². The maximum absolute atomic E-state index is 9.22. The Hall–Kier alpha value is -0.810. The van der Waals surface area contributed by atoms with Gasteiger partial charge in [-0.3, -0.25) is 0 Å². The molecule has 0 spiro atoms. The Morgan fingerprint density at radius 1 is 1.28 bits per heavy atom. The van der Waals surface area contributed by atoms with E-state index in [9.17, 15) is 5.11 Å². The Morgan fingerprint density at radius 2 is 1.94 bits per heavy atom. The highest BCUT2D eigenvalue weighted by atomic mass is 35.6. The first-order chi connectivity index (χ1) is 8.45. The Labute approximate surface area is 119 Å². The number of nitrogens with zero attached hydrogens (tertiary/aromatic N) is 3. The monoisotopic (exact) mass is 305 g/mol. The quantitative estimate of drug-likeness (QED) is 0.868. The largest absolute Gasteiger partial charge is 0.390 e. The standard InChI is InChI=1S/C11H10Cl3N3O/c1-7-4-2-3-5-9(7)17-10(11(12,13)14)8(6-18)15-16-17/h2-5,18H,6H2,1H3. The van der Waals surface area contributed by atoms with E-state index < -0.39 is 3.79 Å². The normalized spacial score (nSPS) is 11.8. The van der Waals surface area contributed by atoms with Crippen molar-refractivity contribution in [3.8, 4) is 5.69 Å². The maximum atomic E-state index is 9.22. The van der Waals surface area contributed by atoms with Crippen molar-refractivity contribution in [1.29, 1.82) is 0 Å². The van der Waals surface area contributed by atoms with Crippen molar-refractivity contribution in [3.05, 3.63) is 41.2 Å². The van der Waals surface area contributed by atoms with Crippen LogP contribution in [0.4, 0.5) is 0 Å². The van der Waals surface area contributed by atoms with Crippen LogP contribution in [-0.4, -0.2) is 20.1 Å².